The summed E-state index contributed by atoms with van der Waals surface area (Å²) in [6.45, 7) is 2.32. The molecule has 1 aromatic rings. The largest absolute Gasteiger partial charge is 0.298 e. The van der Waals surface area contributed by atoms with Crippen molar-refractivity contribution in [3.05, 3.63) is 35.4 Å². The molecule has 1 nitrogen and oxygen atoms in total. The highest BCUT2D eigenvalue weighted by molar-refractivity contribution is 5.74. The number of aryl methyl sites for hydroxylation is 1. The van der Waals surface area contributed by atoms with Crippen LogP contribution < -0.4 is 0 Å². The maximum Gasteiger partial charge on any atom is 0.150 e. The van der Waals surface area contributed by atoms with E-state index >= 15 is 0 Å². The summed E-state index contributed by atoms with van der Waals surface area (Å²) >= 11 is 0. The Balaban J connectivity index is 1.76. The number of hydrogen-bond donors (Lipinski definition) is 0. The SMILES string of the molecule is CCC1CCC(CCc2ccc(C=O)cc2)CC1. The van der Waals surface area contributed by atoms with E-state index in [2.05, 4.69) is 19.1 Å². The first kappa shape index (κ1) is 13.3. The molecule has 1 aliphatic rings. The molecule has 98 valence electrons. The molecule has 2 rings (SSSR count). The molecule has 0 aliphatic heterocycles. The lowest BCUT2D eigenvalue weighted by Crippen LogP contribution is -2.14. The third-order valence-corrected chi connectivity index (χ3v) is 4.50. The van der Waals surface area contributed by atoms with Crippen molar-refractivity contribution in [2.24, 2.45) is 11.8 Å². The second-order valence-electron chi connectivity index (χ2n) is 5.69. The van der Waals surface area contributed by atoms with Crippen molar-refractivity contribution in [3.63, 3.8) is 0 Å². The van der Waals surface area contributed by atoms with Crippen LogP contribution in [0, 0.1) is 11.8 Å². The van der Waals surface area contributed by atoms with E-state index in [1.807, 2.05) is 12.1 Å². The Morgan fingerprint density at radius 3 is 2.22 bits per heavy atom. The molecule has 0 N–H and O–H groups in total. The highest BCUT2D eigenvalue weighted by Crippen LogP contribution is 2.32. The number of hydrogen-bond acceptors (Lipinski definition) is 1. The van der Waals surface area contributed by atoms with Crippen LogP contribution in [0.5, 0.6) is 0 Å². The summed E-state index contributed by atoms with van der Waals surface area (Å²) in [5.74, 6) is 1.92. The molecule has 0 radical (unpaired) electrons. The van der Waals surface area contributed by atoms with Gasteiger partial charge in [0.2, 0.25) is 0 Å². The molecule has 1 saturated carbocycles. The van der Waals surface area contributed by atoms with Gasteiger partial charge in [-0.1, -0.05) is 63.3 Å². The zero-order valence-electron chi connectivity index (χ0n) is 11.4. The van der Waals surface area contributed by atoms with Gasteiger partial charge in [-0.25, -0.2) is 0 Å². The summed E-state index contributed by atoms with van der Waals surface area (Å²) in [5.41, 5.74) is 2.15. The Labute approximate surface area is 111 Å². The number of carbonyl (C=O) groups excluding carboxylic acids is 1. The van der Waals surface area contributed by atoms with E-state index in [1.54, 1.807) is 0 Å². The second-order valence-corrected chi connectivity index (χ2v) is 5.69. The van der Waals surface area contributed by atoms with Crippen molar-refractivity contribution in [1.29, 1.82) is 0 Å². The maximum atomic E-state index is 10.6. The molecule has 0 unspecified atom stereocenters. The van der Waals surface area contributed by atoms with Gasteiger partial charge in [-0.05, 0) is 30.2 Å². The molecule has 0 amide bonds. The molecular weight excluding hydrogens is 220 g/mol. The van der Waals surface area contributed by atoms with Crippen LogP contribution in [0.3, 0.4) is 0 Å². The average molecular weight is 244 g/mol. The van der Waals surface area contributed by atoms with Gasteiger partial charge < -0.3 is 0 Å². The van der Waals surface area contributed by atoms with Crippen LogP contribution in [0.25, 0.3) is 0 Å². The Hall–Kier alpha value is -1.11. The molecule has 0 aromatic heterocycles. The number of carbonyl (C=O) groups is 1. The molecule has 0 atom stereocenters. The molecule has 1 aliphatic carbocycles. The van der Waals surface area contributed by atoms with Crippen LogP contribution in [-0.2, 0) is 6.42 Å². The molecule has 0 bridgehead atoms. The Morgan fingerprint density at radius 2 is 1.67 bits per heavy atom. The third-order valence-electron chi connectivity index (χ3n) is 4.50. The number of aldehydes is 1. The van der Waals surface area contributed by atoms with E-state index in [0.29, 0.717) is 0 Å². The van der Waals surface area contributed by atoms with Gasteiger partial charge in [0.1, 0.15) is 6.29 Å². The van der Waals surface area contributed by atoms with Crippen LogP contribution >= 0.6 is 0 Å². The van der Waals surface area contributed by atoms with Crippen molar-refractivity contribution in [2.75, 3.05) is 0 Å². The molecule has 0 spiro atoms. The fourth-order valence-electron chi connectivity index (χ4n) is 3.06. The molecule has 0 saturated heterocycles. The van der Waals surface area contributed by atoms with Crippen LogP contribution in [-0.4, -0.2) is 6.29 Å². The predicted molar refractivity (Wildman–Crippen MR) is 75.9 cm³/mol. The quantitative estimate of drug-likeness (QED) is 0.689. The van der Waals surface area contributed by atoms with Crippen molar-refractivity contribution < 1.29 is 4.79 Å². The summed E-state index contributed by atoms with van der Waals surface area (Å²) in [6.07, 6.45) is 10.5. The van der Waals surface area contributed by atoms with Gasteiger partial charge in [-0.2, -0.15) is 0 Å². The lowest BCUT2D eigenvalue weighted by atomic mass is 9.78. The summed E-state index contributed by atoms with van der Waals surface area (Å²) in [5, 5.41) is 0. The summed E-state index contributed by atoms with van der Waals surface area (Å²) in [7, 11) is 0. The van der Waals surface area contributed by atoms with Gasteiger partial charge in [0.15, 0.2) is 0 Å². The highest BCUT2D eigenvalue weighted by atomic mass is 16.1. The summed E-state index contributed by atoms with van der Waals surface area (Å²) in [6, 6.07) is 8.05. The molecule has 18 heavy (non-hydrogen) atoms. The summed E-state index contributed by atoms with van der Waals surface area (Å²) in [4.78, 5) is 10.6. The Bertz CT molecular complexity index is 358. The topological polar surface area (TPSA) is 17.1 Å². The van der Waals surface area contributed by atoms with E-state index < -0.39 is 0 Å². The molecular formula is C17H24O. The standard InChI is InChI=1S/C17H24O/c1-2-14-3-5-15(6-4-14)7-8-16-9-11-17(13-18)12-10-16/h9-15H,2-8H2,1H3. The van der Waals surface area contributed by atoms with Crippen molar-refractivity contribution >= 4 is 6.29 Å². The predicted octanol–water partition coefficient (Wildman–Crippen LogP) is 4.65. The first-order chi connectivity index (χ1) is 8.81. The average Bonchev–Trinajstić information content (AvgIpc) is 2.46. The smallest absolute Gasteiger partial charge is 0.150 e. The summed E-state index contributed by atoms with van der Waals surface area (Å²) < 4.78 is 0. The van der Waals surface area contributed by atoms with Gasteiger partial charge in [0, 0.05) is 5.56 Å². The van der Waals surface area contributed by atoms with Gasteiger partial charge in [0.05, 0.1) is 0 Å². The van der Waals surface area contributed by atoms with Crippen molar-refractivity contribution in [1.82, 2.24) is 0 Å². The first-order valence-electron chi connectivity index (χ1n) is 7.36. The molecule has 1 heteroatoms. The lowest BCUT2D eigenvalue weighted by molar-refractivity contribution is 0.112. The van der Waals surface area contributed by atoms with Gasteiger partial charge in [-0.15, -0.1) is 0 Å². The van der Waals surface area contributed by atoms with Crippen LogP contribution in [0.15, 0.2) is 24.3 Å². The van der Waals surface area contributed by atoms with Crippen molar-refractivity contribution in [3.8, 4) is 0 Å². The Kier molecular flexibility index (Phi) is 4.98. The molecule has 0 heterocycles. The zero-order chi connectivity index (χ0) is 12.8. The van der Waals surface area contributed by atoms with Crippen LogP contribution in [0.4, 0.5) is 0 Å². The second kappa shape index (κ2) is 6.72. The third kappa shape index (κ3) is 3.69. The first-order valence-corrected chi connectivity index (χ1v) is 7.36. The van der Waals surface area contributed by atoms with E-state index in [0.717, 1.165) is 23.7 Å². The van der Waals surface area contributed by atoms with E-state index in [4.69, 9.17) is 0 Å². The van der Waals surface area contributed by atoms with Crippen molar-refractivity contribution in [2.45, 2.75) is 51.9 Å². The van der Waals surface area contributed by atoms with E-state index in [1.165, 1.54) is 50.5 Å². The fraction of sp³-hybridized carbons (Fsp3) is 0.588. The van der Waals surface area contributed by atoms with E-state index in [9.17, 15) is 4.79 Å². The normalized spacial score (nSPS) is 23.8. The number of rotatable bonds is 5. The lowest BCUT2D eigenvalue weighted by Gasteiger charge is -2.27. The Morgan fingerprint density at radius 1 is 1.06 bits per heavy atom. The minimum absolute atomic E-state index is 0.780. The van der Waals surface area contributed by atoms with Crippen LogP contribution in [0.1, 0.15) is 61.4 Å². The van der Waals surface area contributed by atoms with Crippen LogP contribution in [0.2, 0.25) is 0 Å². The monoisotopic (exact) mass is 244 g/mol. The molecule has 1 fully saturated rings. The van der Waals surface area contributed by atoms with Gasteiger partial charge in [-0.3, -0.25) is 4.79 Å². The zero-order valence-corrected chi connectivity index (χ0v) is 11.4. The maximum absolute atomic E-state index is 10.6. The minimum atomic E-state index is 0.780. The fourth-order valence-corrected chi connectivity index (χ4v) is 3.06. The molecule has 1 aromatic carbocycles. The minimum Gasteiger partial charge on any atom is -0.298 e. The highest BCUT2D eigenvalue weighted by Gasteiger charge is 2.19. The van der Waals surface area contributed by atoms with Gasteiger partial charge >= 0.3 is 0 Å². The number of benzene rings is 1. The van der Waals surface area contributed by atoms with Gasteiger partial charge in [0.25, 0.3) is 0 Å². The van der Waals surface area contributed by atoms with E-state index in [-0.39, 0.29) is 0 Å².